The van der Waals surface area contributed by atoms with E-state index in [2.05, 4.69) is 0 Å². The SMILES string of the molecule is COc1ccc(S(=O)(=O)N2CCC(C(C)N)CC2)c(C)c1F.Cl. The van der Waals surface area contributed by atoms with Crippen molar-refractivity contribution in [3.05, 3.63) is 23.5 Å². The number of rotatable bonds is 4. The fourth-order valence-corrected chi connectivity index (χ4v) is 4.55. The molecule has 1 aromatic carbocycles. The van der Waals surface area contributed by atoms with Crippen molar-refractivity contribution in [1.29, 1.82) is 0 Å². The summed E-state index contributed by atoms with van der Waals surface area (Å²) in [5, 5.41) is 0. The molecule has 1 aromatic rings. The molecule has 1 fully saturated rings. The van der Waals surface area contributed by atoms with Gasteiger partial charge in [-0.1, -0.05) is 0 Å². The zero-order valence-electron chi connectivity index (χ0n) is 13.6. The van der Waals surface area contributed by atoms with Gasteiger partial charge >= 0.3 is 0 Å². The minimum absolute atomic E-state index is 0. The van der Waals surface area contributed by atoms with Crippen LogP contribution < -0.4 is 10.5 Å². The van der Waals surface area contributed by atoms with E-state index in [1.165, 1.54) is 30.5 Å². The molecule has 0 saturated carbocycles. The van der Waals surface area contributed by atoms with Crippen LogP contribution in [-0.4, -0.2) is 39.0 Å². The Morgan fingerprint density at radius 3 is 2.39 bits per heavy atom. The number of nitrogens with zero attached hydrogens (tertiary/aromatic N) is 1. The number of ether oxygens (including phenoxy) is 1. The Kier molecular flexibility index (Phi) is 6.82. The smallest absolute Gasteiger partial charge is 0.243 e. The van der Waals surface area contributed by atoms with Crippen LogP contribution >= 0.6 is 12.4 Å². The van der Waals surface area contributed by atoms with Gasteiger partial charge in [-0.05, 0) is 44.7 Å². The highest BCUT2D eigenvalue weighted by Gasteiger charge is 2.32. The number of hydrogen-bond donors (Lipinski definition) is 1. The van der Waals surface area contributed by atoms with E-state index in [4.69, 9.17) is 10.5 Å². The van der Waals surface area contributed by atoms with Gasteiger partial charge in [0.05, 0.1) is 12.0 Å². The van der Waals surface area contributed by atoms with Crippen LogP contribution in [-0.2, 0) is 10.0 Å². The van der Waals surface area contributed by atoms with Gasteiger partial charge in [-0.2, -0.15) is 4.31 Å². The molecule has 1 atom stereocenters. The summed E-state index contributed by atoms with van der Waals surface area (Å²) in [7, 11) is -2.34. The van der Waals surface area contributed by atoms with Gasteiger partial charge in [0.1, 0.15) is 0 Å². The Bertz CT molecular complexity index is 644. The second kappa shape index (κ2) is 7.79. The molecule has 1 saturated heterocycles. The maximum Gasteiger partial charge on any atom is 0.243 e. The number of benzene rings is 1. The predicted molar refractivity (Wildman–Crippen MR) is 90.1 cm³/mol. The highest BCUT2D eigenvalue weighted by Crippen LogP contribution is 2.30. The van der Waals surface area contributed by atoms with Gasteiger partial charge in [0.25, 0.3) is 0 Å². The van der Waals surface area contributed by atoms with Gasteiger partial charge in [0.15, 0.2) is 11.6 Å². The average molecular weight is 367 g/mol. The number of nitrogens with two attached hydrogens (primary N) is 1. The molecule has 8 heteroatoms. The third-order valence-electron chi connectivity index (χ3n) is 4.38. The molecule has 0 spiro atoms. The number of sulfonamides is 1. The van der Waals surface area contributed by atoms with Crippen molar-refractivity contribution in [3.63, 3.8) is 0 Å². The van der Waals surface area contributed by atoms with Crippen molar-refractivity contribution in [1.82, 2.24) is 4.31 Å². The first-order valence-electron chi connectivity index (χ1n) is 7.38. The first-order chi connectivity index (χ1) is 10.3. The van der Waals surface area contributed by atoms with E-state index in [-0.39, 0.29) is 34.7 Å². The monoisotopic (exact) mass is 366 g/mol. The van der Waals surface area contributed by atoms with Crippen molar-refractivity contribution in [2.45, 2.75) is 37.6 Å². The van der Waals surface area contributed by atoms with Crippen molar-refractivity contribution in [2.75, 3.05) is 20.2 Å². The van der Waals surface area contributed by atoms with Crippen LogP contribution in [0.2, 0.25) is 0 Å². The van der Waals surface area contributed by atoms with Crippen molar-refractivity contribution in [2.24, 2.45) is 11.7 Å². The van der Waals surface area contributed by atoms with Crippen LogP contribution in [0, 0.1) is 18.7 Å². The number of halogens is 2. The molecule has 5 nitrogen and oxygen atoms in total. The van der Waals surface area contributed by atoms with E-state index in [1.54, 1.807) is 0 Å². The molecule has 1 unspecified atom stereocenters. The molecular formula is C15H24ClFN2O3S. The van der Waals surface area contributed by atoms with E-state index < -0.39 is 15.8 Å². The maximum atomic E-state index is 14.1. The highest BCUT2D eigenvalue weighted by molar-refractivity contribution is 7.89. The lowest BCUT2D eigenvalue weighted by Gasteiger charge is -2.33. The van der Waals surface area contributed by atoms with Crippen LogP contribution in [0.1, 0.15) is 25.3 Å². The van der Waals surface area contributed by atoms with E-state index in [9.17, 15) is 12.8 Å². The van der Waals surface area contributed by atoms with E-state index >= 15 is 0 Å². The summed E-state index contributed by atoms with van der Waals surface area (Å²) >= 11 is 0. The molecule has 23 heavy (non-hydrogen) atoms. The Hall–Kier alpha value is -0.890. The standard InChI is InChI=1S/C15H23FN2O3S.ClH/c1-10-14(5-4-13(21-3)15(10)16)22(19,20)18-8-6-12(7-9-18)11(2)17;/h4-5,11-12H,6-9,17H2,1-3H3;1H. The van der Waals surface area contributed by atoms with E-state index in [0.29, 0.717) is 19.0 Å². The summed E-state index contributed by atoms with van der Waals surface area (Å²) in [6.45, 7) is 4.24. The zero-order valence-corrected chi connectivity index (χ0v) is 15.2. The highest BCUT2D eigenvalue weighted by atomic mass is 35.5. The first kappa shape index (κ1) is 20.2. The van der Waals surface area contributed by atoms with E-state index in [1.807, 2.05) is 6.92 Å². The van der Waals surface area contributed by atoms with Crippen molar-refractivity contribution in [3.8, 4) is 5.75 Å². The lowest BCUT2D eigenvalue weighted by molar-refractivity contribution is 0.250. The van der Waals surface area contributed by atoms with Crippen LogP contribution in [0.3, 0.4) is 0 Å². The predicted octanol–water partition coefficient (Wildman–Crippen LogP) is 2.31. The molecule has 1 heterocycles. The van der Waals surface area contributed by atoms with Gasteiger partial charge in [-0.25, -0.2) is 12.8 Å². The molecule has 0 aromatic heterocycles. The topological polar surface area (TPSA) is 72.6 Å². The molecule has 0 amide bonds. The molecule has 1 aliphatic rings. The zero-order chi connectivity index (χ0) is 16.5. The summed E-state index contributed by atoms with van der Waals surface area (Å²) in [5.41, 5.74) is 5.97. The summed E-state index contributed by atoms with van der Waals surface area (Å²) in [5.74, 6) is -0.249. The van der Waals surface area contributed by atoms with Gasteiger partial charge < -0.3 is 10.5 Å². The molecule has 0 radical (unpaired) electrons. The molecule has 132 valence electrons. The first-order valence-corrected chi connectivity index (χ1v) is 8.82. The summed E-state index contributed by atoms with van der Waals surface area (Å²) in [6.07, 6.45) is 1.46. The third-order valence-corrected chi connectivity index (χ3v) is 6.42. The van der Waals surface area contributed by atoms with Gasteiger partial charge in [-0.3, -0.25) is 0 Å². The number of methoxy groups -OCH3 is 1. The molecular weight excluding hydrogens is 343 g/mol. The molecule has 0 bridgehead atoms. The van der Waals surface area contributed by atoms with Crippen LogP contribution in [0.4, 0.5) is 4.39 Å². The minimum atomic E-state index is -3.69. The lowest BCUT2D eigenvalue weighted by Crippen LogP contribution is -2.42. The Morgan fingerprint density at radius 2 is 1.91 bits per heavy atom. The largest absolute Gasteiger partial charge is 0.494 e. The summed E-state index contributed by atoms with van der Waals surface area (Å²) in [6, 6.07) is 2.82. The molecule has 2 N–H and O–H groups in total. The normalized spacial score (nSPS) is 18.3. The van der Waals surface area contributed by atoms with Crippen LogP contribution in [0.15, 0.2) is 17.0 Å². The van der Waals surface area contributed by atoms with Crippen molar-refractivity contribution < 1.29 is 17.5 Å². The Balaban J connectivity index is 0.00000264. The Morgan fingerprint density at radius 1 is 1.35 bits per heavy atom. The minimum Gasteiger partial charge on any atom is -0.494 e. The fourth-order valence-electron chi connectivity index (χ4n) is 2.86. The average Bonchev–Trinajstić information content (AvgIpc) is 2.49. The van der Waals surface area contributed by atoms with Crippen LogP contribution in [0.25, 0.3) is 0 Å². The molecule has 2 rings (SSSR count). The Labute approximate surface area is 143 Å². The number of piperidine rings is 1. The van der Waals surface area contributed by atoms with Crippen molar-refractivity contribution >= 4 is 22.4 Å². The second-order valence-corrected chi connectivity index (χ2v) is 7.71. The molecule has 1 aliphatic heterocycles. The van der Waals surface area contributed by atoms with Gasteiger partial charge in [0, 0.05) is 24.7 Å². The van der Waals surface area contributed by atoms with Gasteiger partial charge in [0.2, 0.25) is 10.0 Å². The van der Waals surface area contributed by atoms with Gasteiger partial charge in [-0.15, -0.1) is 12.4 Å². The molecule has 0 aliphatic carbocycles. The second-order valence-electron chi connectivity index (χ2n) is 5.81. The fraction of sp³-hybridized carbons (Fsp3) is 0.600. The summed E-state index contributed by atoms with van der Waals surface area (Å²) < 4.78 is 45.8. The maximum absolute atomic E-state index is 14.1. The third kappa shape index (κ3) is 3.96. The summed E-state index contributed by atoms with van der Waals surface area (Å²) in [4.78, 5) is 0.00467. The van der Waals surface area contributed by atoms with E-state index in [0.717, 1.165) is 12.8 Å². The van der Waals surface area contributed by atoms with Crippen LogP contribution in [0.5, 0.6) is 5.75 Å². The lowest BCUT2D eigenvalue weighted by atomic mass is 9.92. The number of hydrogen-bond acceptors (Lipinski definition) is 4. The quantitative estimate of drug-likeness (QED) is 0.887.